The van der Waals surface area contributed by atoms with Crippen LogP contribution in [0.25, 0.3) is 0 Å². The van der Waals surface area contributed by atoms with E-state index in [2.05, 4.69) is 10.2 Å². The Kier molecular flexibility index (Phi) is 1.80. The number of nitrogens with zero attached hydrogens (tertiary/aromatic N) is 2. The van der Waals surface area contributed by atoms with Crippen molar-refractivity contribution >= 4 is 10.2 Å². The quantitative estimate of drug-likeness (QED) is 0.671. The van der Waals surface area contributed by atoms with Crippen molar-refractivity contribution in [1.82, 2.24) is 10.2 Å². The zero-order valence-corrected chi connectivity index (χ0v) is 7.46. The molecule has 1 saturated carbocycles. The van der Waals surface area contributed by atoms with E-state index in [1.165, 1.54) is 6.07 Å². The van der Waals surface area contributed by atoms with E-state index >= 15 is 0 Å². The highest BCUT2D eigenvalue weighted by atomic mass is 32.3. The molecule has 13 heavy (non-hydrogen) atoms. The van der Waals surface area contributed by atoms with Crippen LogP contribution in [0, 0.1) is 0 Å². The van der Waals surface area contributed by atoms with Gasteiger partial charge in [0.2, 0.25) is 5.03 Å². The molecule has 0 bridgehead atoms. The Morgan fingerprint density at radius 2 is 2.00 bits per heavy atom. The van der Waals surface area contributed by atoms with Crippen molar-refractivity contribution < 1.29 is 12.3 Å². The molecule has 1 heterocycles. The van der Waals surface area contributed by atoms with Crippen LogP contribution in [0.2, 0.25) is 0 Å². The van der Waals surface area contributed by atoms with Crippen LogP contribution in [0.1, 0.15) is 24.5 Å². The molecule has 1 fully saturated rings. The van der Waals surface area contributed by atoms with Gasteiger partial charge in [-0.1, -0.05) is 3.89 Å². The molecule has 6 heteroatoms. The molecule has 0 unspecified atom stereocenters. The Bertz CT molecular complexity index is 411. The van der Waals surface area contributed by atoms with Crippen molar-refractivity contribution in [3.63, 3.8) is 0 Å². The van der Waals surface area contributed by atoms with Gasteiger partial charge in [-0.2, -0.15) is 13.5 Å². The molecule has 1 aliphatic rings. The highest BCUT2D eigenvalue weighted by molar-refractivity contribution is 7.86. The van der Waals surface area contributed by atoms with Crippen molar-refractivity contribution in [2.75, 3.05) is 0 Å². The van der Waals surface area contributed by atoms with E-state index in [9.17, 15) is 12.3 Å². The van der Waals surface area contributed by atoms with Gasteiger partial charge in [-0.15, -0.1) is 5.10 Å². The first-order valence-corrected chi connectivity index (χ1v) is 5.24. The molecule has 0 spiro atoms. The number of aromatic nitrogens is 2. The van der Waals surface area contributed by atoms with Crippen LogP contribution in [0.5, 0.6) is 0 Å². The van der Waals surface area contributed by atoms with Crippen LogP contribution in [0.3, 0.4) is 0 Å². The van der Waals surface area contributed by atoms with Crippen LogP contribution in [0.15, 0.2) is 17.2 Å². The lowest BCUT2D eigenvalue weighted by Gasteiger charge is -1.95. The number of halogens is 1. The lowest BCUT2D eigenvalue weighted by molar-refractivity contribution is 0.545. The predicted molar refractivity (Wildman–Crippen MR) is 42.3 cm³/mol. The fraction of sp³-hybridized carbons (Fsp3) is 0.429. The third kappa shape index (κ3) is 1.82. The summed E-state index contributed by atoms with van der Waals surface area (Å²) in [6.45, 7) is 0. The summed E-state index contributed by atoms with van der Waals surface area (Å²) < 4.78 is 33.1. The Labute approximate surface area is 75.0 Å². The minimum Gasteiger partial charge on any atom is -0.188 e. The third-order valence-electron chi connectivity index (χ3n) is 1.91. The van der Waals surface area contributed by atoms with Gasteiger partial charge in [0.05, 0.1) is 5.69 Å². The molecular weight excluding hydrogens is 195 g/mol. The molecule has 1 aliphatic carbocycles. The fourth-order valence-corrected chi connectivity index (χ4v) is 1.43. The van der Waals surface area contributed by atoms with E-state index < -0.39 is 15.2 Å². The maximum absolute atomic E-state index is 12.3. The van der Waals surface area contributed by atoms with E-state index in [4.69, 9.17) is 0 Å². The van der Waals surface area contributed by atoms with Gasteiger partial charge in [-0.25, -0.2) is 0 Å². The summed E-state index contributed by atoms with van der Waals surface area (Å²) in [5, 5.41) is 6.32. The van der Waals surface area contributed by atoms with Gasteiger partial charge in [-0.3, -0.25) is 0 Å². The number of hydrogen-bond acceptors (Lipinski definition) is 4. The van der Waals surface area contributed by atoms with Crippen molar-refractivity contribution in [3.8, 4) is 0 Å². The lowest BCUT2D eigenvalue weighted by atomic mass is 10.3. The molecule has 1 aromatic rings. The second kappa shape index (κ2) is 2.73. The highest BCUT2D eigenvalue weighted by Crippen LogP contribution is 2.38. The number of hydrogen-bond donors (Lipinski definition) is 0. The molecule has 0 aromatic carbocycles. The normalized spacial score (nSPS) is 17.3. The van der Waals surface area contributed by atoms with Gasteiger partial charge >= 0.3 is 10.2 Å². The first-order chi connectivity index (χ1) is 6.07. The fourth-order valence-electron chi connectivity index (χ4n) is 1.06. The van der Waals surface area contributed by atoms with Crippen molar-refractivity contribution in [1.29, 1.82) is 0 Å². The van der Waals surface area contributed by atoms with Gasteiger partial charge in [0.15, 0.2) is 0 Å². The SMILES string of the molecule is O=S(=O)(F)c1ccc(C2CC2)nn1. The monoisotopic (exact) mass is 202 g/mol. The second-order valence-electron chi connectivity index (χ2n) is 3.01. The summed E-state index contributed by atoms with van der Waals surface area (Å²) in [5.41, 5.74) is 0.743. The van der Waals surface area contributed by atoms with Crippen molar-refractivity contribution in [2.45, 2.75) is 23.8 Å². The van der Waals surface area contributed by atoms with E-state index in [-0.39, 0.29) is 0 Å². The summed E-state index contributed by atoms with van der Waals surface area (Å²) in [6.07, 6.45) is 2.10. The zero-order chi connectivity index (χ0) is 9.47. The molecule has 0 amide bonds. The molecule has 2 rings (SSSR count). The van der Waals surface area contributed by atoms with Gasteiger partial charge in [0.1, 0.15) is 0 Å². The van der Waals surface area contributed by atoms with Crippen LogP contribution >= 0.6 is 0 Å². The average Bonchev–Trinajstić information content (AvgIpc) is 2.85. The molecule has 70 valence electrons. The third-order valence-corrected chi connectivity index (χ3v) is 2.62. The van der Waals surface area contributed by atoms with Crippen LogP contribution in [-0.2, 0) is 10.2 Å². The average molecular weight is 202 g/mol. The second-order valence-corrected chi connectivity index (χ2v) is 4.30. The van der Waals surface area contributed by atoms with Crippen molar-refractivity contribution in [2.24, 2.45) is 0 Å². The summed E-state index contributed by atoms with van der Waals surface area (Å²) in [6, 6.07) is 2.66. The molecular formula is C7H7FN2O2S. The topological polar surface area (TPSA) is 59.9 Å². The van der Waals surface area contributed by atoms with Gasteiger partial charge < -0.3 is 0 Å². The maximum Gasteiger partial charge on any atom is 0.351 e. The highest BCUT2D eigenvalue weighted by Gasteiger charge is 2.26. The summed E-state index contributed by atoms with van der Waals surface area (Å²) in [5.74, 6) is 0.392. The zero-order valence-electron chi connectivity index (χ0n) is 6.64. The van der Waals surface area contributed by atoms with E-state index in [1.54, 1.807) is 0 Å². The minimum absolute atomic E-state index is 0.392. The Morgan fingerprint density at radius 1 is 1.31 bits per heavy atom. The Morgan fingerprint density at radius 3 is 2.38 bits per heavy atom. The predicted octanol–water partition coefficient (Wildman–Crippen LogP) is 1.01. The summed E-state index contributed by atoms with van der Waals surface area (Å²) in [7, 11) is -4.70. The Hall–Kier alpha value is -1.04. The van der Waals surface area contributed by atoms with Crippen molar-refractivity contribution in [3.05, 3.63) is 17.8 Å². The summed E-state index contributed by atoms with van der Waals surface area (Å²) in [4.78, 5) is 0. The lowest BCUT2D eigenvalue weighted by Crippen LogP contribution is -1.99. The molecule has 4 nitrogen and oxygen atoms in total. The van der Waals surface area contributed by atoms with Gasteiger partial charge in [0.25, 0.3) is 0 Å². The minimum atomic E-state index is -4.70. The van der Waals surface area contributed by atoms with Gasteiger partial charge in [0, 0.05) is 5.92 Å². The summed E-state index contributed by atoms with van der Waals surface area (Å²) >= 11 is 0. The van der Waals surface area contributed by atoms with E-state index in [1.807, 2.05) is 0 Å². The molecule has 0 N–H and O–H groups in total. The van der Waals surface area contributed by atoms with E-state index in [0.717, 1.165) is 24.6 Å². The molecule has 0 atom stereocenters. The van der Waals surface area contributed by atoms with Crippen LogP contribution < -0.4 is 0 Å². The number of rotatable bonds is 2. The molecule has 0 saturated heterocycles. The van der Waals surface area contributed by atoms with E-state index in [0.29, 0.717) is 5.92 Å². The van der Waals surface area contributed by atoms with Crippen LogP contribution in [-0.4, -0.2) is 18.6 Å². The first-order valence-electron chi connectivity index (χ1n) is 3.85. The maximum atomic E-state index is 12.3. The molecule has 0 aliphatic heterocycles. The largest absolute Gasteiger partial charge is 0.351 e. The Balaban J connectivity index is 2.33. The smallest absolute Gasteiger partial charge is 0.188 e. The van der Waals surface area contributed by atoms with Crippen LogP contribution in [0.4, 0.5) is 3.89 Å². The van der Waals surface area contributed by atoms with Gasteiger partial charge in [-0.05, 0) is 25.0 Å². The standard InChI is InChI=1S/C7H7FN2O2S/c8-13(11,12)7-4-3-6(9-10-7)5-1-2-5/h3-5H,1-2H2. The first kappa shape index (κ1) is 8.55. The molecule has 1 aromatic heterocycles. The molecule has 0 radical (unpaired) electrons.